The Morgan fingerprint density at radius 2 is 1.88 bits per heavy atom. The van der Waals surface area contributed by atoms with E-state index in [0.717, 1.165) is 31.4 Å². The smallest absolute Gasteiger partial charge is 0.255 e. The topological polar surface area (TPSA) is 87.7 Å². The third kappa shape index (κ3) is 4.80. The first-order chi connectivity index (χ1) is 16.3. The second kappa shape index (κ2) is 9.24. The fraction of sp³-hybridized carbons (Fsp3) is 0.640. The van der Waals surface area contributed by atoms with Crippen LogP contribution in [0.2, 0.25) is 0 Å². The van der Waals surface area contributed by atoms with Gasteiger partial charge in [-0.2, -0.15) is 0 Å². The number of carbonyl (C=O) groups is 3. The van der Waals surface area contributed by atoms with Crippen molar-refractivity contribution in [2.75, 3.05) is 6.54 Å². The van der Waals surface area contributed by atoms with Gasteiger partial charge in [-0.1, -0.05) is 0 Å². The van der Waals surface area contributed by atoms with Gasteiger partial charge in [-0.3, -0.25) is 19.7 Å². The molecule has 0 radical (unpaired) electrons. The van der Waals surface area contributed by atoms with E-state index in [4.69, 9.17) is 4.74 Å². The van der Waals surface area contributed by atoms with E-state index in [9.17, 15) is 23.2 Å². The van der Waals surface area contributed by atoms with E-state index in [-0.39, 0.29) is 49.1 Å². The van der Waals surface area contributed by atoms with E-state index in [0.29, 0.717) is 37.1 Å². The second-order valence-corrected chi connectivity index (χ2v) is 10.1. The number of nitrogens with zero attached hydrogens (tertiary/aromatic N) is 1. The van der Waals surface area contributed by atoms with Crippen LogP contribution in [0.3, 0.4) is 0 Å². The monoisotopic (exact) mass is 475 g/mol. The number of fused-ring (bicyclic) bond motifs is 1. The maximum atomic E-state index is 13.4. The number of halogens is 2. The van der Waals surface area contributed by atoms with Crippen LogP contribution in [0.1, 0.15) is 73.7 Å². The number of hydrogen-bond donors (Lipinski definition) is 2. The van der Waals surface area contributed by atoms with Crippen LogP contribution in [-0.4, -0.2) is 53.3 Å². The summed E-state index contributed by atoms with van der Waals surface area (Å²) < 4.78 is 33.1. The minimum absolute atomic E-state index is 0.00794. The molecule has 1 aromatic carbocycles. The Morgan fingerprint density at radius 3 is 2.65 bits per heavy atom. The number of imide groups is 1. The molecule has 0 aromatic heterocycles. The fourth-order valence-corrected chi connectivity index (χ4v) is 5.72. The molecule has 34 heavy (non-hydrogen) atoms. The number of ether oxygens (including phenoxy) is 1. The van der Waals surface area contributed by atoms with Crippen LogP contribution >= 0.6 is 0 Å². The SMILES string of the molecule is O=C1CCC(N2Cc3cc(OC4CCCC4NCC4CCC(F)(F)CC4)ccc3C2=O)C(=O)N1. The number of amides is 3. The van der Waals surface area contributed by atoms with Crippen LogP contribution in [0.5, 0.6) is 5.75 Å². The summed E-state index contributed by atoms with van der Waals surface area (Å²) in [4.78, 5) is 38.1. The lowest BCUT2D eigenvalue weighted by molar-refractivity contribution is -0.136. The van der Waals surface area contributed by atoms with Gasteiger partial charge >= 0.3 is 0 Å². The van der Waals surface area contributed by atoms with Crippen molar-refractivity contribution in [3.63, 3.8) is 0 Å². The summed E-state index contributed by atoms with van der Waals surface area (Å²) in [5.74, 6) is -2.46. The number of hydrogen-bond acceptors (Lipinski definition) is 5. The van der Waals surface area contributed by atoms with Gasteiger partial charge in [0.2, 0.25) is 17.7 Å². The molecule has 1 aromatic rings. The number of rotatable bonds is 6. The molecule has 2 aliphatic carbocycles. The maximum absolute atomic E-state index is 13.4. The molecule has 4 aliphatic rings. The highest BCUT2D eigenvalue weighted by molar-refractivity contribution is 6.05. The van der Waals surface area contributed by atoms with E-state index >= 15 is 0 Å². The zero-order valence-corrected chi connectivity index (χ0v) is 19.2. The van der Waals surface area contributed by atoms with Gasteiger partial charge in [0.05, 0.1) is 0 Å². The summed E-state index contributed by atoms with van der Waals surface area (Å²) in [6, 6.07) is 4.96. The van der Waals surface area contributed by atoms with Crippen molar-refractivity contribution in [2.45, 2.75) is 88.4 Å². The van der Waals surface area contributed by atoms with Crippen LogP contribution in [-0.2, 0) is 16.1 Å². The summed E-state index contributed by atoms with van der Waals surface area (Å²) in [7, 11) is 0. The summed E-state index contributed by atoms with van der Waals surface area (Å²) in [5.41, 5.74) is 1.38. The van der Waals surface area contributed by atoms with Gasteiger partial charge in [-0.25, -0.2) is 8.78 Å². The summed E-state index contributed by atoms with van der Waals surface area (Å²) in [6.07, 6.45) is 4.57. The lowest BCUT2D eigenvalue weighted by atomic mass is 9.86. The zero-order valence-electron chi connectivity index (χ0n) is 19.2. The van der Waals surface area contributed by atoms with Crippen molar-refractivity contribution in [2.24, 2.45) is 5.92 Å². The maximum Gasteiger partial charge on any atom is 0.255 e. The highest BCUT2D eigenvalue weighted by Crippen LogP contribution is 2.36. The summed E-state index contributed by atoms with van der Waals surface area (Å²) >= 11 is 0. The molecule has 3 fully saturated rings. The van der Waals surface area contributed by atoms with Crippen molar-refractivity contribution in [1.29, 1.82) is 0 Å². The molecule has 2 N–H and O–H groups in total. The molecule has 2 saturated carbocycles. The van der Waals surface area contributed by atoms with Crippen LogP contribution in [0.15, 0.2) is 18.2 Å². The van der Waals surface area contributed by atoms with E-state index in [1.165, 1.54) is 4.90 Å². The minimum Gasteiger partial charge on any atom is -0.489 e. The van der Waals surface area contributed by atoms with Gasteiger partial charge in [-0.05, 0) is 74.8 Å². The van der Waals surface area contributed by atoms with E-state index in [1.54, 1.807) is 12.1 Å². The Labute approximate surface area is 197 Å². The normalized spacial score (nSPS) is 29.3. The predicted octanol–water partition coefficient (Wildman–Crippen LogP) is 3.16. The average Bonchev–Trinajstić information content (AvgIpc) is 3.37. The standard InChI is InChI=1S/C25H31F2N3O4/c26-25(27)10-8-15(9-11-25)13-28-19-2-1-3-21(19)34-17-4-5-18-16(12-17)14-30(24(18)33)20-6-7-22(31)29-23(20)32/h4-5,12,15,19-21,28H,1-3,6-11,13-14H2,(H,29,31,32). The number of piperidine rings is 1. The van der Waals surface area contributed by atoms with Gasteiger partial charge in [0.1, 0.15) is 17.9 Å². The lowest BCUT2D eigenvalue weighted by Gasteiger charge is -2.30. The first-order valence-electron chi connectivity index (χ1n) is 12.3. The fourth-order valence-electron chi connectivity index (χ4n) is 5.72. The Morgan fingerprint density at radius 1 is 1.09 bits per heavy atom. The van der Waals surface area contributed by atoms with E-state index < -0.39 is 17.9 Å². The molecule has 2 heterocycles. The van der Waals surface area contributed by atoms with E-state index in [2.05, 4.69) is 10.6 Å². The van der Waals surface area contributed by atoms with Gasteiger partial charge in [0.15, 0.2) is 0 Å². The van der Waals surface area contributed by atoms with Crippen LogP contribution in [0, 0.1) is 5.92 Å². The number of nitrogens with one attached hydrogen (secondary N) is 2. The average molecular weight is 476 g/mol. The van der Waals surface area contributed by atoms with Gasteiger partial charge in [-0.15, -0.1) is 0 Å². The third-order valence-corrected chi connectivity index (χ3v) is 7.74. The highest BCUT2D eigenvalue weighted by Gasteiger charge is 2.40. The third-order valence-electron chi connectivity index (χ3n) is 7.74. The predicted molar refractivity (Wildman–Crippen MR) is 119 cm³/mol. The van der Waals surface area contributed by atoms with Crippen molar-refractivity contribution < 1.29 is 27.9 Å². The summed E-state index contributed by atoms with van der Waals surface area (Å²) in [6.45, 7) is 1.05. The molecular formula is C25H31F2N3O4. The summed E-state index contributed by atoms with van der Waals surface area (Å²) in [5, 5.41) is 5.88. The Hall–Kier alpha value is -2.55. The molecule has 7 nitrogen and oxygen atoms in total. The first kappa shape index (κ1) is 23.2. The molecule has 3 unspecified atom stereocenters. The minimum atomic E-state index is -2.50. The molecule has 3 atom stereocenters. The Kier molecular flexibility index (Phi) is 6.31. The molecular weight excluding hydrogens is 444 g/mol. The molecule has 0 bridgehead atoms. The molecule has 184 valence electrons. The Bertz CT molecular complexity index is 975. The lowest BCUT2D eigenvalue weighted by Crippen LogP contribution is -2.52. The molecule has 0 spiro atoms. The van der Waals surface area contributed by atoms with Crippen molar-refractivity contribution in [3.05, 3.63) is 29.3 Å². The number of alkyl halides is 2. The van der Waals surface area contributed by atoms with Crippen LogP contribution in [0.25, 0.3) is 0 Å². The van der Waals surface area contributed by atoms with Gasteiger partial charge < -0.3 is 15.0 Å². The van der Waals surface area contributed by atoms with Gasteiger partial charge in [0.25, 0.3) is 5.91 Å². The quantitative estimate of drug-likeness (QED) is 0.618. The van der Waals surface area contributed by atoms with E-state index in [1.807, 2.05) is 6.07 Å². The van der Waals surface area contributed by atoms with Crippen LogP contribution in [0.4, 0.5) is 8.78 Å². The van der Waals surface area contributed by atoms with Crippen molar-refractivity contribution >= 4 is 17.7 Å². The van der Waals surface area contributed by atoms with Crippen LogP contribution < -0.4 is 15.4 Å². The molecule has 1 saturated heterocycles. The number of carbonyl (C=O) groups excluding carboxylic acids is 3. The first-order valence-corrected chi connectivity index (χ1v) is 12.3. The molecule has 5 rings (SSSR count). The zero-order chi connectivity index (χ0) is 23.9. The van der Waals surface area contributed by atoms with Crippen molar-refractivity contribution in [1.82, 2.24) is 15.5 Å². The molecule has 9 heteroatoms. The Balaban J connectivity index is 1.18. The highest BCUT2D eigenvalue weighted by atomic mass is 19.3. The van der Waals surface area contributed by atoms with Crippen molar-refractivity contribution in [3.8, 4) is 5.75 Å². The number of benzene rings is 1. The molecule has 3 amide bonds. The second-order valence-electron chi connectivity index (χ2n) is 10.1. The largest absolute Gasteiger partial charge is 0.489 e. The molecule has 2 aliphatic heterocycles. The van der Waals surface area contributed by atoms with Gasteiger partial charge in [0, 0.05) is 37.4 Å².